The van der Waals surface area contributed by atoms with Crippen LogP contribution in [-0.4, -0.2) is 52.2 Å². The molecule has 1 aromatic heterocycles. The molecule has 2 heterocycles. The number of aliphatic imine (C=N–C) groups is 1. The molecule has 162 valence electrons. The standard InChI is InChI=1S/C24H31N7/c1-2-25-24(26-16-19-9-8-12-21(15-19)23-28-18-29-30-23)27-17-22(31-13-6-7-14-31)20-10-4-3-5-11-20/h3-5,8-12,15,18,22H,2,6-7,13-14,16-17H2,1H3,(H2,25,26,27)(H,28,29,30). The number of guanidine groups is 1. The number of hydrogen-bond donors (Lipinski definition) is 3. The number of hydrogen-bond acceptors (Lipinski definition) is 4. The first-order valence-electron chi connectivity index (χ1n) is 11.1. The Kier molecular flexibility index (Phi) is 7.28. The van der Waals surface area contributed by atoms with Crippen LogP contribution in [0.25, 0.3) is 11.4 Å². The molecule has 7 heteroatoms. The first kappa shape index (κ1) is 21.1. The summed E-state index contributed by atoms with van der Waals surface area (Å²) in [6.45, 7) is 6.65. The third-order valence-electron chi connectivity index (χ3n) is 5.61. The van der Waals surface area contributed by atoms with Gasteiger partial charge in [-0.3, -0.25) is 10.00 Å². The zero-order valence-corrected chi connectivity index (χ0v) is 18.1. The fourth-order valence-electron chi connectivity index (χ4n) is 4.05. The van der Waals surface area contributed by atoms with Crippen LogP contribution in [0.2, 0.25) is 0 Å². The van der Waals surface area contributed by atoms with E-state index >= 15 is 0 Å². The Bertz CT molecular complexity index is 947. The van der Waals surface area contributed by atoms with Gasteiger partial charge >= 0.3 is 0 Å². The van der Waals surface area contributed by atoms with E-state index in [0.717, 1.165) is 49.1 Å². The number of H-pyrrole nitrogens is 1. The van der Waals surface area contributed by atoms with Crippen LogP contribution >= 0.6 is 0 Å². The molecule has 4 rings (SSSR count). The summed E-state index contributed by atoms with van der Waals surface area (Å²) in [6.07, 6.45) is 4.08. The second-order valence-corrected chi connectivity index (χ2v) is 7.78. The normalized spacial score (nSPS) is 15.7. The summed E-state index contributed by atoms with van der Waals surface area (Å²) in [6, 6.07) is 19.4. The Morgan fingerprint density at radius 3 is 2.68 bits per heavy atom. The molecule has 0 saturated carbocycles. The molecule has 0 bridgehead atoms. The molecule has 31 heavy (non-hydrogen) atoms. The van der Waals surface area contributed by atoms with E-state index in [1.165, 1.54) is 24.7 Å². The quantitative estimate of drug-likeness (QED) is 0.387. The molecule has 3 aromatic rings. The van der Waals surface area contributed by atoms with E-state index in [0.29, 0.717) is 12.6 Å². The average molecular weight is 418 g/mol. The molecule has 1 aliphatic heterocycles. The summed E-state index contributed by atoms with van der Waals surface area (Å²) in [7, 11) is 0. The molecule has 1 fully saturated rings. The van der Waals surface area contributed by atoms with E-state index in [2.05, 4.69) is 80.1 Å². The minimum Gasteiger partial charge on any atom is -0.357 e. The van der Waals surface area contributed by atoms with Crippen molar-refractivity contribution in [1.82, 2.24) is 30.7 Å². The van der Waals surface area contributed by atoms with Gasteiger partial charge in [-0.15, -0.1) is 0 Å². The number of likely N-dealkylation sites (tertiary alicyclic amines) is 1. The number of aromatic amines is 1. The van der Waals surface area contributed by atoms with Crippen molar-refractivity contribution in [3.8, 4) is 11.4 Å². The van der Waals surface area contributed by atoms with Crippen LogP contribution < -0.4 is 10.6 Å². The molecule has 7 nitrogen and oxygen atoms in total. The molecule has 0 spiro atoms. The van der Waals surface area contributed by atoms with Crippen LogP contribution in [0.15, 0.2) is 65.9 Å². The number of nitrogens with one attached hydrogen (secondary N) is 3. The van der Waals surface area contributed by atoms with Gasteiger partial charge in [-0.2, -0.15) is 5.10 Å². The molecule has 3 N–H and O–H groups in total. The lowest BCUT2D eigenvalue weighted by molar-refractivity contribution is 0.245. The van der Waals surface area contributed by atoms with Crippen LogP contribution in [0.1, 0.15) is 36.9 Å². The van der Waals surface area contributed by atoms with E-state index in [1.54, 1.807) is 0 Å². The van der Waals surface area contributed by atoms with Gasteiger partial charge in [0.1, 0.15) is 6.33 Å². The molecule has 0 aliphatic carbocycles. The number of benzene rings is 2. The second kappa shape index (κ2) is 10.7. The first-order chi connectivity index (χ1) is 15.3. The van der Waals surface area contributed by atoms with Crippen molar-refractivity contribution in [2.24, 2.45) is 4.99 Å². The SMILES string of the molecule is CCNC(=NCc1cccc(-c2ncn[nH]2)c1)NCC(c1ccccc1)N1CCCC1. The highest BCUT2D eigenvalue weighted by molar-refractivity contribution is 5.79. The monoisotopic (exact) mass is 417 g/mol. The van der Waals surface area contributed by atoms with Crippen LogP contribution in [0.5, 0.6) is 0 Å². The number of rotatable bonds is 8. The van der Waals surface area contributed by atoms with Crippen LogP contribution in [0, 0.1) is 0 Å². The molecule has 1 aliphatic rings. The Balaban J connectivity index is 1.44. The van der Waals surface area contributed by atoms with Crippen molar-refractivity contribution in [1.29, 1.82) is 0 Å². The molecule has 0 amide bonds. The Hall–Kier alpha value is -3.19. The molecule has 0 radical (unpaired) electrons. The van der Waals surface area contributed by atoms with Gasteiger partial charge in [0.05, 0.1) is 12.6 Å². The molecular weight excluding hydrogens is 386 g/mol. The Morgan fingerprint density at radius 2 is 1.94 bits per heavy atom. The summed E-state index contributed by atoms with van der Waals surface area (Å²) in [5.74, 6) is 1.61. The van der Waals surface area contributed by atoms with E-state index in [4.69, 9.17) is 4.99 Å². The Labute approximate surface area is 184 Å². The molecule has 2 aromatic carbocycles. The lowest BCUT2D eigenvalue weighted by atomic mass is 10.1. The van der Waals surface area contributed by atoms with E-state index in [-0.39, 0.29) is 0 Å². The fraction of sp³-hybridized carbons (Fsp3) is 0.375. The van der Waals surface area contributed by atoms with E-state index < -0.39 is 0 Å². The summed E-state index contributed by atoms with van der Waals surface area (Å²) in [5.41, 5.74) is 3.50. The van der Waals surface area contributed by atoms with Gasteiger partial charge in [0, 0.05) is 18.7 Å². The van der Waals surface area contributed by atoms with E-state index in [9.17, 15) is 0 Å². The van der Waals surface area contributed by atoms with Gasteiger partial charge in [-0.05, 0) is 50.0 Å². The van der Waals surface area contributed by atoms with Gasteiger partial charge < -0.3 is 10.6 Å². The van der Waals surface area contributed by atoms with Crippen molar-refractivity contribution >= 4 is 5.96 Å². The zero-order valence-electron chi connectivity index (χ0n) is 18.1. The molecule has 1 unspecified atom stereocenters. The highest BCUT2D eigenvalue weighted by Crippen LogP contribution is 2.24. The van der Waals surface area contributed by atoms with E-state index in [1.807, 2.05) is 12.1 Å². The van der Waals surface area contributed by atoms with Gasteiger partial charge in [0.2, 0.25) is 0 Å². The Morgan fingerprint density at radius 1 is 1.10 bits per heavy atom. The second-order valence-electron chi connectivity index (χ2n) is 7.78. The highest BCUT2D eigenvalue weighted by atomic mass is 15.2. The summed E-state index contributed by atoms with van der Waals surface area (Å²) in [5, 5.41) is 13.8. The van der Waals surface area contributed by atoms with Crippen molar-refractivity contribution in [2.75, 3.05) is 26.2 Å². The number of aromatic nitrogens is 3. The van der Waals surface area contributed by atoms with Crippen LogP contribution in [0.4, 0.5) is 0 Å². The smallest absolute Gasteiger partial charge is 0.191 e. The first-order valence-corrected chi connectivity index (χ1v) is 11.1. The minimum absolute atomic E-state index is 0.349. The van der Waals surface area contributed by atoms with Crippen LogP contribution in [0.3, 0.4) is 0 Å². The predicted molar refractivity (Wildman–Crippen MR) is 125 cm³/mol. The van der Waals surface area contributed by atoms with Crippen molar-refractivity contribution < 1.29 is 0 Å². The topological polar surface area (TPSA) is 81.2 Å². The largest absolute Gasteiger partial charge is 0.357 e. The zero-order chi connectivity index (χ0) is 21.3. The predicted octanol–water partition coefficient (Wildman–Crippen LogP) is 3.36. The molecule has 1 saturated heterocycles. The third-order valence-corrected chi connectivity index (χ3v) is 5.61. The summed E-state index contributed by atoms with van der Waals surface area (Å²) >= 11 is 0. The highest BCUT2D eigenvalue weighted by Gasteiger charge is 2.23. The summed E-state index contributed by atoms with van der Waals surface area (Å²) < 4.78 is 0. The average Bonchev–Trinajstić information content (AvgIpc) is 3.53. The van der Waals surface area contributed by atoms with Crippen LogP contribution in [-0.2, 0) is 6.54 Å². The maximum Gasteiger partial charge on any atom is 0.191 e. The van der Waals surface area contributed by atoms with Crippen molar-refractivity contribution in [3.63, 3.8) is 0 Å². The van der Waals surface area contributed by atoms with Gasteiger partial charge in [-0.25, -0.2) is 9.98 Å². The lowest BCUT2D eigenvalue weighted by Gasteiger charge is -2.29. The van der Waals surface area contributed by atoms with Gasteiger partial charge in [0.25, 0.3) is 0 Å². The minimum atomic E-state index is 0.349. The van der Waals surface area contributed by atoms with Crippen molar-refractivity contribution in [2.45, 2.75) is 32.4 Å². The molecule has 1 atom stereocenters. The maximum atomic E-state index is 4.83. The third kappa shape index (κ3) is 5.70. The number of nitrogens with zero attached hydrogens (tertiary/aromatic N) is 4. The molecular formula is C24H31N7. The van der Waals surface area contributed by atoms with Gasteiger partial charge in [-0.1, -0.05) is 48.5 Å². The lowest BCUT2D eigenvalue weighted by Crippen LogP contribution is -2.42. The van der Waals surface area contributed by atoms with Gasteiger partial charge in [0.15, 0.2) is 11.8 Å². The maximum absolute atomic E-state index is 4.83. The summed E-state index contributed by atoms with van der Waals surface area (Å²) in [4.78, 5) is 11.6. The fourth-order valence-corrected chi connectivity index (χ4v) is 4.05. The van der Waals surface area contributed by atoms with Crippen molar-refractivity contribution in [3.05, 3.63) is 72.1 Å².